The van der Waals surface area contributed by atoms with Gasteiger partial charge in [0.15, 0.2) is 5.13 Å². The Bertz CT molecular complexity index is 1550. The maximum absolute atomic E-state index is 13.5. The van der Waals surface area contributed by atoms with Crippen molar-refractivity contribution >= 4 is 57.3 Å². The van der Waals surface area contributed by atoms with E-state index in [1.165, 1.54) is 28.0 Å². The predicted octanol–water partition coefficient (Wildman–Crippen LogP) is 6.45. The third kappa shape index (κ3) is 5.65. The number of anilines is 2. The van der Waals surface area contributed by atoms with Gasteiger partial charge in [0.1, 0.15) is 16.7 Å². The van der Waals surface area contributed by atoms with Crippen LogP contribution in [0, 0.1) is 11.3 Å². The molecule has 9 heteroatoms. The van der Waals surface area contributed by atoms with Crippen molar-refractivity contribution in [1.82, 2.24) is 4.98 Å². The summed E-state index contributed by atoms with van der Waals surface area (Å²) >= 11 is 8.83. The number of halogens is 1. The molecule has 0 spiro atoms. The summed E-state index contributed by atoms with van der Waals surface area (Å²) in [5.74, 6) is -0.778. The second-order valence-corrected chi connectivity index (χ2v) is 11.2. The molecule has 1 saturated heterocycles. The molecule has 2 amide bonds. The van der Waals surface area contributed by atoms with E-state index in [1.54, 1.807) is 18.3 Å². The highest BCUT2D eigenvalue weighted by Crippen LogP contribution is 2.42. The number of thioether (sulfide) groups is 1. The Morgan fingerprint density at radius 3 is 2.42 bits per heavy atom. The molecule has 1 aliphatic rings. The number of thiazole rings is 1. The largest absolute Gasteiger partial charge is 0.297 e. The summed E-state index contributed by atoms with van der Waals surface area (Å²) in [5.41, 5.74) is 2.43. The average Bonchev–Trinajstić information content (AvgIpc) is 3.50. The zero-order chi connectivity index (χ0) is 26.5. The summed E-state index contributed by atoms with van der Waals surface area (Å²) in [7, 11) is 0. The highest BCUT2D eigenvalue weighted by molar-refractivity contribution is 8.05. The van der Waals surface area contributed by atoms with Crippen molar-refractivity contribution in [1.29, 1.82) is 5.26 Å². The molecule has 0 saturated carbocycles. The molecule has 1 N–H and O–H groups in total. The van der Waals surface area contributed by atoms with E-state index in [-0.39, 0.29) is 11.5 Å². The minimum Gasteiger partial charge on any atom is -0.297 e. The van der Waals surface area contributed by atoms with Gasteiger partial charge in [-0.1, -0.05) is 90.1 Å². The second-order valence-electron chi connectivity index (χ2n) is 8.45. The first kappa shape index (κ1) is 25.7. The molecule has 1 aromatic heterocycles. The lowest BCUT2D eigenvalue weighted by Gasteiger charge is -2.18. The van der Waals surface area contributed by atoms with Gasteiger partial charge in [-0.3, -0.25) is 19.8 Å². The number of rotatable bonds is 7. The van der Waals surface area contributed by atoms with Crippen LogP contribution in [0.4, 0.5) is 10.8 Å². The number of nitrogens with one attached hydrogen (secondary N) is 1. The van der Waals surface area contributed by atoms with Gasteiger partial charge in [0.2, 0.25) is 5.91 Å². The summed E-state index contributed by atoms with van der Waals surface area (Å²) in [5, 5.41) is 13.7. The Morgan fingerprint density at radius 1 is 1.03 bits per heavy atom. The van der Waals surface area contributed by atoms with Gasteiger partial charge >= 0.3 is 0 Å². The molecule has 4 aromatic rings. The fraction of sp³-hybridized carbons (Fsp3) is 0.103. The SMILES string of the molecule is N#C/C(C(=O)Nc1ncc(Cc2ccccc2Cl)s1)=C1/SC(Cc2ccccc2)C(=O)N1c1ccccc1. The Morgan fingerprint density at radius 2 is 1.71 bits per heavy atom. The molecular weight excluding hydrogens is 536 g/mol. The summed E-state index contributed by atoms with van der Waals surface area (Å²) in [6.45, 7) is 0. The summed E-state index contributed by atoms with van der Waals surface area (Å²) < 4.78 is 0. The van der Waals surface area contributed by atoms with Crippen molar-refractivity contribution in [3.8, 4) is 6.07 Å². The van der Waals surface area contributed by atoms with E-state index in [2.05, 4.69) is 10.3 Å². The normalized spacial score (nSPS) is 16.3. The number of carbonyl (C=O) groups excluding carboxylic acids is 2. The molecule has 0 radical (unpaired) electrons. The number of nitrogens with zero attached hydrogens (tertiary/aromatic N) is 3. The molecular formula is C29H21ClN4O2S2. The zero-order valence-electron chi connectivity index (χ0n) is 20.0. The monoisotopic (exact) mass is 556 g/mol. The summed E-state index contributed by atoms with van der Waals surface area (Å²) in [6, 6.07) is 28.3. The number of hydrogen-bond acceptors (Lipinski definition) is 6. The third-order valence-corrected chi connectivity index (χ3v) is 8.42. The standard InChI is InChI=1S/C29H21ClN4O2S2/c30-24-14-8-7-11-20(24)16-22-18-32-29(37-22)33-26(35)23(17-31)28-34(21-12-5-2-6-13-21)27(36)25(38-28)15-19-9-3-1-4-10-19/h1-14,18,25H,15-16H2,(H,32,33,35)/b28-23-. The minimum absolute atomic E-state index is 0.134. The topological polar surface area (TPSA) is 86.1 Å². The van der Waals surface area contributed by atoms with Gasteiger partial charge in [-0.05, 0) is 35.7 Å². The highest BCUT2D eigenvalue weighted by Gasteiger charge is 2.40. The number of hydrogen-bond donors (Lipinski definition) is 1. The van der Waals surface area contributed by atoms with Crippen molar-refractivity contribution < 1.29 is 9.59 Å². The average molecular weight is 557 g/mol. The number of nitriles is 1. The molecule has 0 aliphatic carbocycles. The molecule has 5 rings (SSSR count). The van der Waals surface area contributed by atoms with Gasteiger partial charge in [-0.15, -0.1) is 11.3 Å². The number of benzene rings is 3. The van der Waals surface area contributed by atoms with Gasteiger partial charge in [0.05, 0.1) is 5.25 Å². The number of carbonyl (C=O) groups is 2. The van der Waals surface area contributed by atoms with Crippen LogP contribution in [-0.4, -0.2) is 22.0 Å². The highest BCUT2D eigenvalue weighted by atomic mass is 35.5. The maximum Gasteiger partial charge on any atom is 0.270 e. The van der Waals surface area contributed by atoms with Crippen molar-refractivity contribution in [2.45, 2.75) is 18.1 Å². The van der Waals surface area contributed by atoms with Gasteiger partial charge in [0.25, 0.3) is 5.91 Å². The quantitative estimate of drug-likeness (QED) is 0.209. The van der Waals surface area contributed by atoms with Crippen LogP contribution >= 0.6 is 34.7 Å². The number of amides is 2. The number of para-hydroxylation sites is 1. The molecule has 6 nitrogen and oxygen atoms in total. The zero-order valence-corrected chi connectivity index (χ0v) is 22.4. The van der Waals surface area contributed by atoms with Crippen molar-refractivity contribution in [3.05, 3.63) is 123 Å². The van der Waals surface area contributed by atoms with Gasteiger partial charge < -0.3 is 0 Å². The Hall–Kier alpha value is -3.90. The lowest BCUT2D eigenvalue weighted by molar-refractivity contribution is -0.117. The lowest BCUT2D eigenvalue weighted by atomic mass is 10.1. The van der Waals surface area contributed by atoms with E-state index in [4.69, 9.17) is 11.6 Å². The first-order valence-electron chi connectivity index (χ1n) is 11.8. The lowest BCUT2D eigenvalue weighted by Crippen LogP contribution is -2.30. The molecule has 1 unspecified atom stereocenters. The van der Waals surface area contributed by atoms with E-state index in [0.29, 0.717) is 33.7 Å². The van der Waals surface area contributed by atoms with Crippen molar-refractivity contribution in [2.24, 2.45) is 0 Å². The first-order chi connectivity index (χ1) is 18.5. The molecule has 0 bridgehead atoms. The Labute approximate surface area is 233 Å². The third-order valence-electron chi connectivity index (χ3n) is 5.88. The fourth-order valence-corrected chi connectivity index (χ4v) is 6.40. The van der Waals surface area contributed by atoms with E-state index >= 15 is 0 Å². The smallest absolute Gasteiger partial charge is 0.270 e. The van der Waals surface area contributed by atoms with Gasteiger partial charge in [0, 0.05) is 28.2 Å². The van der Waals surface area contributed by atoms with Crippen LogP contribution in [-0.2, 0) is 22.4 Å². The van der Waals surface area contributed by atoms with Gasteiger partial charge in [-0.2, -0.15) is 5.26 Å². The fourth-order valence-electron chi connectivity index (χ4n) is 4.06. The first-order valence-corrected chi connectivity index (χ1v) is 13.8. The van der Waals surface area contributed by atoms with E-state index in [1.807, 2.05) is 78.9 Å². The molecule has 188 valence electrons. The van der Waals surface area contributed by atoms with E-state index in [0.717, 1.165) is 16.0 Å². The van der Waals surface area contributed by atoms with Crippen molar-refractivity contribution in [2.75, 3.05) is 10.2 Å². The van der Waals surface area contributed by atoms with Crippen LogP contribution in [0.1, 0.15) is 16.0 Å². The van der Waals surface area contributed by atoms with E-state index < -0.39 is 11.2 Å². The van der Waals surface area contributed by atoms with Crippen LogP contribution in [0.3, 0.4) is 0 Å². The minimum atomic E-state index is -0.609. The molecule has 1 atom stereocenters. The summed E-state index contributed by atoms with van der Waals surface area (Å²) in [6.07, 6.45) is 2.74. The summed E-state index contributed by atoms with van der Waals surface area (Å²) in [4.78, 5) is 33.5. The van der Waals surface area contributed by atoms with Crippen molar-refractivity contribution in [3.63, 3.8) is 0 Å². The van der Waals surface area contributed by atoms with Crippen LogP contribution in [0.5, 0.6) is 0 Å². The molecule has 3 aromatic carbocycles. The Balaban J connectivity index is 1.41. The van der Waals surface area contributed by atoms with E-state index in [9.17, 15) is 14.9 Å². The van der Waals surface area contributed by atoms with Crippen LogP contribution in [0.2, 0.25) is 5.02 Å². The maximum atomic E-state index is 13.5. The van der Waals surface area contributed by atoms with Gasteiger partial charge in [-0.25, -0.2) is 4.98 Å². The van der Waals surface area contributed by atoms with Crippen LogP contribution in [0.15, 0.2) is 102 Å². The number of aromatic nitrogens is 1. The molecule has 2 heterocycles. The van der Waals surface area contributed by atoms with Crippen LogP contribution < -0.4 is 10.2 Å². The molecule has 1 fully saturated rings. The second kappa shape index (κ2) is 11.7. The molecule has 1 aliphatic heterocycles. The molecule has 38 heavy (non-hydrogen) atoms. The Kier molecular flexibility index (Phi) is 7.89. The van der Waals surface area contributed by atoms with Crippen LogP contribution in [0.25, 0.3) is 0 Å². The predicted molar refractivity (Wildman–Crippen MR) is 153 cm³/mol.